The van der Waals surface area contributed by atoms with Crippen LogP contribution in [0.3, 0.4) is 0 Å². The van der Waals surface area contributed by atoms with Crippen LogP contribution in [0.1, 0.15) is 34.7 Å². The zero-order valence-corrected chi connectivity index (χ0v) is 18.4. The van der Waals surface area contributed by atoms with Gasteiger partial charge in [0.25, 0.3) is 0 Å². The molecular formula is C25H21N7O2. The average molecular weight is 451 g/mol. The summed E-state index contributed by atoms with van der Waals surface area (Å²) in [4.78, 5) is 12.7. The van der Waals surface area contributed by atoms with Crippen LogP contribution in [0.5, 0.6) is 5.75 Å². The summed E-state index contributed by atoms with van der Waals surface area (Å²) in [5.41, 5.74) is 4.62. The molecule has 1 aliphatic rings. The topological polar surface area (TPSA) is 99.2 Å². The maximum Gasteiger partial charge on any atom is 0.226 e. The zero-order chi connectivity index (χ0) is 23.1. The number of carbonyl (C=O) groups is 1. The second kappa shape index (κ2) is 8.11. The van der Waals surface area contributed by atoms with Gasteiger partial charge in [0.2, 0.25) is 5.91 Å². The number of hydrogen-bond acceptors (Lipinski definition) is 6. The number of amides is 1. The molecule has 9 heteroatoms. The minimum absolute atomic E-state index is 0.0616. The molecule has 0 radical (unpaired) electrons. The lowest BCUT2D eigenvalue weighted by Crippen LogP contribution is -2.25. The van der Waals surface area contributed by atoms with Crippen molar-refractivity contribution in [2.75, 3.05) is 5.32 Å². The van der Waals surface area contributed by atoms with Gasteiger partial charge >= 0.3 is 0 Å². The third-order valence-electron chi connectivity index (χ3n) is 6.00. The summed E-state index contributed by atoms with van der Waals surface area (Å²) in [6, 6.07) is 21.6. The Labute approximate surface area is 195 Å². The fraction of sp³-hybridized carbons (Fsp3) is 0.160. The number of hydrogen-bond donors (Lipinski definition) is 1. The molecule has 168 valence electrons. The van der Waals surface area contributed by atoms with E-state index in [1.54, 1.807) is 9.20 Å². The monoisotopic (exact) mass is 451 g/mol. The predicted molar refractivity (Wildman–Crippen MR) is 125 cm³/mol. The Morgan fingerprint density at radius 1 is 1.03 bits per heavy atom. The van der Waals surface area contributed by atoms with Crippen molar-refractivity contribution in [3.8, 4) is 11.6 Å². The van der Waals surface area contributed by atoms with Gasteiger partial charge in [0, 0.05) is 17.9 Å². The fourth-order valence-electron chi connectivity index (χ4n) is 4.37. The molecule has 2 aromatic carbocycles. The molecule has 9 nitrogen and oxygen atoms in total. The summed E-state index contributed by atoms with van der Waals surface area (Å²) in [6.45, 7) is 2.46. The highest BCUT2D eigenvalue weighted by atomic mass is 16.5. The highest BCUT2D eigenvalue weighted by Crippen LogP contribution is 2.40. The number of aromatic nitrogens is 6. The van der Waals surface area contributed by atoms with Crippen LogP contribution in [-0.4, -0.2) is 35.5 Å². The van der Waals surface area contributed by atoms with Crippen LogP contribution in [0.15, 0.2) is 73.1 Å². The highest BCUT2D eigenvalue weighted by molar-refractivity contribution is 5.95. The smallest absolute Gasteiger partial charge is 0.226 e. The molecule has 0 unspecified atom stereocenters. The van der Waals surface area contributed by atoms with Gasteiger partial charge in [-0.1, -0.05) is 42.5 Å². The summed E-state index contributed by atoms with van der Waals surface area (Å²) in [5.74, 6) is 1.82. The summed E-state index contributed by atoms with van der Waals surface area (Å²) in [7, 11) is 0. The van der Waals surface area contributed by atoms with E-state index in [2.05, 4.69) is 20.6 Å². The minimum Gasteiger partial charge on any atom is -0.489 e. The van der Waals surface area contributed by atoms with Crippen LogP contribution in [0.4, 0.5) is 5.82 Å². The second-order valence-corrected chi connectivity index (χ2v) is 8.23. The number of fused-ring (bicyclic) bond motifs is 2. The molecule has 5 aromatic rings. The van der Waals surface area contributed by atoms with Crippen molar-refractivity contribution in [1.29, 1.82) is 0 Å². The van der Waals surface area contributed by atoms with Gasteiger partial charge in [-0.2, -0.15) is 14.3 Å². The van der Waals surface area contributed by atoms with Crippen LogP contribution in [-0.2, 0) is 11.4 Å². The third kappa shape index (κ3) is 3.57. The molecule has 6 rings (SSSR count). The van der Waals surface area contributed by atoms with E-state index in [9.17, 15) is 4.79 Å². The number of aryl methyl sites for hydroxylation is 1. The quantitative estimate of drug-likeness (QED) is 0.438. The molecule has 1 N–H and O–H groups in total. The summed E-state index contributed by atoms with van der Waals surface area (Å²) in [6.07, 6.45) is 1.88. The van der Waals surface area contributed by atoms with E-state index in [1.165, 1.54) is 6.33 Å². The van der Waals surface area contributed by atoms with Gasteiger partial charge in [-0.05, 0) is 42.3 Å². The molecule has 1 aliphatic heterocycles. The molecule has 4 heterocycles. The Morgan fingerprint density at radius 3 is 2.68 bits per heavy atom. The minimum atomic E-state index is -0.112. The van der Waals surface area contributed by atoms with E-state index in [-0.39, 0.29) is 11.8 Å². The largest absolute Gasteiger partial charge is 0.489 e. The number of nitrogens with zero attached hydrogens (tertiary/aromatic N) is 6. The standard InChI is InChI=1S/C25H21N7O2/c1-16-24-20(18-7-9-19(10-8-18)34-14-17-5-3-2-4-6-17)13-23(33)27-25(24)32(29-16)22-12-11-21-28-26-15-31(21)30-22/h2-12,15,20H,13-14H2,1H3,(H,27,33)/t20-/m1/s1. The molecular weight excluding hydrogens is 430 g/mol. The van der Waals surface area contributed by atoms with Gasteiger partial charge < -0.3 is 10.1 Å². The molecule has 1 amide bonds. The number of benzene rings is 2. The van der Waals surface area contributed by atoms with Crippen LogP contribution in [0.25, 0.3) is 11.5 Å². The first-order valence-corrected chi connectivity index (χ1v) is 11.0. The van der Waals surface area contributed by atoms with Gasteiger partial charge in [0.15, 0.2) is 11.5 Å². The van der Waals surface area contributed by atoms with Crippen molar-refractivity contribution in [1.82, 2.24) is 29.6 Å². The Morgan fingerprint density at radius 2 is 1.85 bits per heavy atom. The normalized spacial score (nSPS) is 15.2. The van der Waals surface area contributed by atoms with E-state index in [4.69, 9.17) is 9.84 Å². The second-order valence-electron chi connectivity index (χ2n) is 8.23. The number of carbonyl (C=O) groups excluding carboxylic acids is 1. The van der Waals surface area contributed by atoms with Crippen molar-refractivity contribution < 1.29 is 9.53 Å². The van der Waals surface area contributed by atoms with Crippen LogP contribution in [0.2, 0.25) is 0 Å². The fourth-order valence-corrected chi connectivity index (χ4v) is 4.37. The molecule has 3 aromatic heterocycles. The van der Waals surface area contributed by atoms with Gasteiger partial charge in [0.05, 0.1) is 5.69 Å². The third-order valence-corrected chi connectivity index (χ3v) is 6.00. The molecule has 1 atom stereocenters. The van der Waals surface area contributed by atoms with Crippen molar-refractivity contribution in [3.05, 3.63) is 95.4 Å². The maximum atomic E-state index is 12.7. The Bertz CT molecular complexity index is 1490. The van der Waals surface area contributed by atoms with Crippen molar-refractivity contribution in [2.45, 2.75) is 25.9 Å². The molecule has 0 aliphatic carbocycles. The van der Waals surface area contributed by atoms with E-state index < -0.39 is 0 Å². The first-order chi connectivity index (χ1) is 16.7. The molecule has 34 heavy (non-hydrogen) atoms. The average Bonchev–Trinajstić information content (AvgIpc) is 3.47. The lowest BCUT2D eigenvalue weighted by molar-refractivity contribution is -0.116. The zero-order valence-electron chi connectivity index (χ0n) is 18.4. The number of ether oxygens (including phenoxy) is 1. The van der Waals surface area contributed by atoms with Crippen molar-refractivity contribution in [2.24, 2.45) is 0 Å². The van der Waals surface area contributed by atoms with E-state index >= 15 is 0 Å². The Balaban J connectivity index is 1.31. The van der Waals surface area contributed by atoms with Crippen molar-refractivity contribution in [3.63, 3.8) is 0 Å². The SMILES string of the molecule is Cc1nn(-c2ccc3nncn3n2)c2c1[C@@H](c1ccc(OCc3ccccc3)cc1)CC(=O)N2. The summed E-state index contributed by atoms with van der Waals surface area (Å²) in [5, 5.41) is 20.1. The molecule has 0 fully saturated rings. The first kappa shape index (κ1) is 20.1. The molecule has 0 saturated carbocycles. The predicted octanol–water partition coefficient (Wildman–Crippen LogP) is 3.67. The lowest BCUT2D eigenvalue weighted by Gasteiger charge is -2.24. The summed E-state index contributed by atoms with van der Waals surface area (Å²) >= 11 is 0. The number of rotatable bonds is 5. The van der Waals surface area contributed by atoms with Crippen LogP contribution < -0.4 is 10.1 Å². The van der Waals surface area contributed by atoms with Crippen LogP contribution in [0, 0.1) is 6.92 Å². The molecule has 0 bridgehead atoms. The van der Waals surface area contributed by atoms with Crippen LogP contribution >= 0.6 is 0 Å². The van der Waals surface area contributed by atoms with E-state index in [1.807, 2.05) is 73.7 Å². The van der Waals surface area contributed by atoms with Crippen molar-refractivity contribution >= 4 is 17.4 Å². The van der Waals surface area contributed by atoms with E-state index in [0.717, 1.165) is 28.1 Å². The van der Waals surface area contributed by atoms with Gasteiger partial charge in [0.1, 0.15) is 24.5 Å². The first-order valence-electron chi connectivity index (χ1n) is 11.0. The van der Waals surface area contributed by atoms with E-state index in [0.29, 0.717) is 30.3 Å². The Hall–Kier alpha value is -4.53. The number of nitrogens with one attached hydrogen (secondary N) is 1. The molecule has 0 saturated heterocycles. The lowest BCUT2D eigenvalue weighted by atomic mass is 9.86. The Kier molecular flexibility index (Phi) is 4.80. The van der Waals surface area contributed by atoms with Gasteiger partial charge in [-0.15, -0.1) is 15.3 Å². The van der Waals surface area contributed by atoms with Gasteiger partial charge in [-0.25, -0.2) is 0 Å². The van der Waals surface area contributed by atoms with Gasteiger partial charge in [-0.3, -0.25) is 4.79 Å². The summed E-state index contributed by atoms with van der Waals surface area (Å²) < 4.78 is 9.17. The maximum absolute atomic E-state index is 12.7. The molecule has 0 spiro atoms. The highest BCUT2D eigenvalue weighted by Gasteiger charge is 2.33. The number of anilines is 1.